The fourth-order valence-corrected chi connectivity index (χ4v) is 2.42. The van der Waals surface area contributed by atoms with Crippen LogP contribution >= 0.6 is 0 Å². The van der Waals surface area contributed by atoms with E-state index in [-0.39, 0.29) is 0 Å². The highest BCUT2D eigenvalue weighted by Crippen LogP contribution is 2.29. The predicted molar refractivity (Wildman–Crippen MR) is 50.7 cm³/mol. The van der Waals surface area contributed by atoms with E-state index in [1.807, 2.05) is 0 Å². The van der Waals surface area contributed by atoms with Gasteiger partial charge in [-0.15, -0.1) is 0 Å². The third kappa shape index (κ3) is 2.22. The summed E-state index contributed by atoms with van der Waals surface area (Å²) in [4.78, 5) is 2.51. The molecule has 0 bridgehead atoms. The summed E-state index contributed by atoms with van der Waals surface area (Å²) in [6.07, 6.45) is 1.26. The summed E-state index contributed by atoms with van der Waals surface area (Å²) in [5.74, 6) is 1.69. The summed E-state index contributed by atoms with van der Waals surface area (Å²) in [5.41, 5.74) is 0. The first kappa shape index (κ1) is 9.44. The molecule has 0 radical (unpaired) electrons. The van der Waals surface area contributed by atoms with E-state index < -0.39 is 0 Å². The van der Waals surface area contributed by atoms with Crippen LogP contribution in [0.15, 0.2) is 0 Å². The summed E-state index contributed by atoms with van der Waals surface area (Å²) < 4.78 is 10.6. The third-order valence-corrected chi connectivity index (χ3v) is 3.23. The van der Waals surface area contributed by atoms with Crippen LogP contribution < -0.4 is 0 Å². The van der Waals surface area contributed by atoms with Crippen LogP contribution in [-0.4, -0.2) is 51.5 Å². The van der Waals surface area contributed by atoms with Crippen molar-refractivity contribution in [3.8, 4) is 0 Å². The maximum absolute atomic E-state index is 5.48. The Morgan fingerprint density at radius 2 is 2.23 bits per heavy atom. The first-order chi connectivity index (χ1) is 6.40. The van der Waals surface area contributed by atoms with Crippen molar-refractivity contribution in [2.45, 2.75) is 6.42 Å². The molecule has 2 saturated heterocycles. The van der Waals surface area contributed by atoms with Gasteiger partial charge in [-0.2, -0.15) is 0 Å². The van der Waals surface area contributed by atoms with Gasteiger partial charge >= 0.3 is 0 Å². The summed E-state index contributed by atoms with van der Waals surface area (Å²) >= 11 is 0. The molecule has 2 rings (SSSR count). The zero-order valence-electron chi connectivity index (χ0n) is 8.37. The Bertz CT molecular complexity index is 149. The molecule has 2 fully saturated rings. The minimum atomic E-state index is 0.797. The van der Waals surface area contributed by atoms with Crippen LogP contribution in [-0.2, 0) is 9.47 Å². The lowest BCUT2D eigenvalue weighted by Gasteiger charge is -2.23. The third-order valence-electron chi connectivity index (χ3n) is 3.23. The van der Waals surface area contributed by atoms with Gasteiger partial charge in [-0.3, -0.25) is 0 Å². The number of hydrogen-bond acceptors (Lipinski definition) is 3. The van der Waals surface area contributed by atoms with Crippen molar-refractivity contribution in [1.82, 2.24) is 4.90 Å². The molecular formula is C10H19NO2. The van der Waals surface area contributed by atoms with Gasteiger partial charge in [-0.1, -0.05) is 0 Å². The van der Waals surface area contributed by atoms with Crippen LogP contribution in [0.2, 0.25) is 0 Å². The van der Waals surface area contributed by atoms with Crippen molar-refractivity contribution in [1.29, 1.82) is 0 Å². The number of likely N-dealkylation sites (tertiary alicyclic amines) is 1. The van der Waals surface area contributed by atoms with Gasteiger partial charge in [0.05, 0.1) is 13.2 Å². The predicted octanol–water partition coefficient (Wildman–Crippen LogP) is 0.601. The van der Waals surface area contributed by atoms with Crippen LogP contribution in [0, 0.1) is 11.8 Å². The van der Waals surface area contributed by atoms with Crippen LogP contribution in [0.25, 0.3) is 0 Å². The number of nitrogens with zero attached hydrogens (tertiary/aromatic N) is 1. The second kappa shape index (κ2) is 4.40. The van der Waals surface area contributed by atoms with Crippen LogP contribution in [0.5, 0.6) is 0 Å². The van der Waals surface area contributed by atoms with Gasteiger partial charge < -0.3 is 14.4 Å². The first-order valence-electron chi connectivity index (χ1n) is 5.19. The molecule has 0 spiro atoms. The number of fused-ring (bicyclic) bond motifs is 1. The Hall–Kier alpha value is -0.120. The molecule has 3 nitrogen and oxygen atoms in total. The van der Waals surface area contributed by atoms with Gasteiger partial charge in [0.25, 0.3) is 0 Å². The molecule has 13 heavy (non-hydrogen) atoms. The maximum atomic E-state index is 5.48. The molecule has 2 aliphatic heterocycles. The topological polar surface area (TPSA) is 21.7 Å². The number of hydrogen-bond donors (Lipinski definition) is 0. The highest BCUT2D eigenvalue weighted by molar-refractivity contribution is 4.85. The highest BCUT2D eigenvalue weighted by atomic mass is 16.5. The average molecular weight is 185 g/mol. The van der Waals surface area contributed by atoms with E-state index in [1.54, 1.807) is 7.11 Å². The van der Waals surface area contributed by atoms with E-state index in [0.717, 1.165) is 38.2 Å². The van der Waals surface area contributed by atoms with Gasteiger partial charge in [-0.25, -0.2) is 0 Å². The van der Waals surface area contributed by atoms with Crippen molar-refractivity contribution in [3.05, 3.63) is 0 Å². The smallest absolute Gasteiger partial charge is 0.0589 e. The minimum absolute atomic E-state index is 0.797. The van der Waals surface area contributed by atoms with E-state index in [0.29, 0.717) is 0 Å². The Morgan fingerprint density at radius 3 is 3.00 bits per heavy atom. The molecule has 0 aromatic rings. The quantitative estimate of drug-likeness (QED) is 0.642. The van der Waals surface area contributed by atoms with E-state index >= 15 is 0 Å². The monoisotopic (exact) mass is 185 g/mol. The molecule has 2 atom stereocenters. The molecule has 2 heterocycles. The SMILES string of the molecule is COCCN1CC2CCOCC2C1. The Morgan fingerprint density at radius 1 is 1.38 bits per heavy atom. The zero-order valence-corrected chi connectivity index (χ0v) is 8.37. The Balaban J connectivity index is 1.77. The zero-order chi connectivity index (χ0) is 9.10. The summed E-state index contributed by atoms with van der Waals surface area (Å²) in [7, 11) is 1.77. The summed E-state index contributed by atoms with van der Waals surface area (Å²) in [5, 5.41) is 0. The molecule has 0 aliphatic carbocycles. The van der Waals surface area contributed by atoms with E-state index in [9.17, 15) is 0 Å². The number of ether oxygens (including phenoxy) is 2. The van der Waals surface area contributed by atoms with E-state index in [1.165, 1.54) is 19.5 Å². The fourth-order valence-electron chi connectivity index (χ4n) is 2.42. The molecule has 0 saturated carbocycles. The Kier molecular flexibility index (Phi) is 3.19. The fraction of sp³-hybridized carbons (Fsp3) is 1.00. The second-order valence-electron chi connectivity index (χ2n) is 4.14. The highest BCUT2D eigenvalue weighted by Gasteiger charge is 2.34. The van der Waals surface area contributed by atoms with Crippen LogP contribution in [0.3, 0.4) is 0 Å². The molecule has 2 unspecified atom stereocenters. The van der Waals surface area contributed by atoms with E-state index in [2.05, 4.69) is 4.90 Å². The van der Waals surface area contributed by atoms with Gasteiger partial charge in [0.1, 0.15) is 0 Å². The second-order valence-corrected chi connectivity index (χ2v) is 4.14. The average Bonchev–Trinajstić information content (AvgIpc) is 2.57. The van der Waals surface area contributed by atoms with Crippen molar-refractivity contribution in [3.63, 3.8) is 0 Å². The molecule has 3 heteroatoms. The van der Waals surface area contributed by atoms with Crippen molar-refractivity contribution in [2.75, 3.05) is 46.6 Å². The van der Waals surface area contributed by atoms with Crippen LogP contribution in [0.1, 0.15) is 6.42 Å². The first-order valence-corrected chi connectivity index (χ1v) is 5.19. The van der Waals surface area contributed by atoms with Crippen molar-refractivity contribution in [2.24, 2.45) is 11.8 Å². The maximum Gasteiger partial charge on any atom is 0.0589 e. The lowest BCUT2D eigenvalue weighted by atomic mass is 9.92. The molecule has 0 aromatic carbocycles. The lowest BCUT2D eigenvalue weighted by molar-refractivity contribution is 0.0370. The summed E-state index contributed by atoms with van der Waals surface area (Å²) in [6.45, 7) is 6.38. The largest absolute Gasteiger partial charge is 0.383 e. The molecular weight excluding hydrogens is 166 g/mol. The lowest BCUT2D eigenvalue weighted by Crippen LogP contribution is -2.26. The molecule has 0 aromatic heterocycles. The molecule has 76 valence electrons. The van der Waals surface area contributed by atoms with Gasteiger partial charge in [-0.05, 0) is 18.3 Å². The summed E-state index contributed by atoms with van der Waals surface area (Å²) in [6, 6.07) is 0. The Labute approximate surface area is 80.0 Å². The standard InChI is InChI=1S/C10H19NO2/c1-12-5-3-11-6-9-2-4-13-8-10(9)7-11/h9-10H,2-8H2,1H3. The normalized spacial score (nSPS) is 34.8. The van der Waals surface area contributed by atoms with Crippen molar-refractivity contribution >= 4 is 0 Å². The number of methoxy groups -OCH3 is 1. The number of rotatable bonds is 3. The van der Waals surface area contributed by atoms with Crippen molar-refractivity contribution < 1.29 is 9.47 Å². The van der Waals surface area contributed by atoms with Gasteiger partial charge in [0, 0.05) is 33.4 Å². The molecule has 0 amide bonds. The molecule has 0 N–H and O–H groups in total. The van der Waals surface area contributed by atoms with Gasteiger partial charge in [0.2, 0.25) is 0 Å². The van der Waals surface area contributed by atoms with Gasteiger partial charge in [0.15, 0.2) is 0 Å². The van der Waals surface area contributed by atoms with E-state index in [4.69, 9.17) is 9.47 Å². The molecule has 2 aliphatic rings. The minimum Gasteiger partial charge on any atom is -0.383 e. The van der Waals surface area contributed by atoms with Crippen LogP contribution in [0.4, 0.5) is 0 Å².